The molecule has 2 atom stereocenters. The zero-order chi connectivity index (χ0) is 12.3. The SMILES string of the molecule is CC1CNCC(c2cccc(OC(F)F)c2)O1. The first-order valence-electron chi connectivity index (χ1n) is 5.56. The fourth-order valence-electron chi connectivity index (χ4n) is 1.88. The highest BCUT2D eigenvalue weighted by Gasteiger charge is 2.20. The van der Waals surface area contributed by atoms with Crippen LogP contribution >= 0.6 is 0 Å². The molecule has 0 aliphatic carbocycles. The van der Waals surface area contributed by atoms with Crippen LogP contribution < -0.4 is 10.1 Å². The van der Waals surface area contributed by atoms with Crippen LogP contribution in [0.5, 0.6) is 5.75 Å². The van der Waals surface area contributed by atoms with Crippen molar-refractivity contribution in [2.24, 2.45) is 0 Å². The van der Waals surface area contributed by atoms with Crippen molar-refractivity contribution in [2.75, 3.05) is 13.1 Å². The van der Waals surface area contributed by atoms with Crippen molar-refractivity contribution in [3.8, 4) is 5.75 Å². The lowest BCUT2D eigenvalue weighted by Gasteiger charge is -2.29. The molecule has 1 aromatic carbocycles. The number of morpholine rings is 1. The standard InChI is InChI=1S/C12H15F2NO2/c1-8-6-15-7-11(16-8)9-3-2-4-10(5-9)17-12(13)14/h2-5,8,11-12,15H,6-7H2,1H3. The number of benzene rings is 1. The zero-order valence-corrected chi connectivity index (χ0v) is 9.53. The van der Waals surface area contributed by atoms with Gasteiger partial charge in [0.05, 0.1) is 12.2 Å². The summed E-state index contributed by atoms with van der Waals surface area (Å²) in [5, 5.41) is 3.23. The molecule has 2 unspecified atom stereocenters. The summed E-state index contributed by atoms with van der Waals surface area (Å²) in [7, 11) is 0. The number of nitrogens with one attached hydrogen (secondary N) is 1. The number of hydrogen-bond donors (Lipinski definition) is 1. The van der Waals surface area contributed by atoms with Crippen molar-refractivity contribution in [3.05, 3.63) is 29.8 Å². The van der Waals surface area contributed by atoms with E-state index in [-0.39, 0.29) is 18.0 Å². The third-order valence-electron chi connectivity index (χ3n) is 2.61. The van der Waals surface area contributed by atoms with Crippen molar-refractivity contribution in [2.45, 2.75) is 25.7 Å². The van der Waals surface area contributed by atoms with Gasteiger partial charge in [0.1, 0.15) is 5.75 Å². The van der Waals surface area contributed by atoms with E-state index in [9.17, 15) is 8.78 Å². The van der Waals surface area contributed by atoms with Crippen molar-refractivity contribution in [3.63, 3.8) is 0 Å². The molecule has 0 spiro atoms. The highest BCUT2D eigenvalue weighted by Crippen LogP contribution is 2.25. The van der Waals surface area contributed by atoms with E-state index in [0.29, 0.717) is 6.54 Å². The van der Waals surface area contributed by atoms with E-state index in [1.807, 2.05) is 13.0 Å². The Kier molecular flexibility index (Phi) is 3.91. The Balaban J connectivity index is 2.09. The van der Waals surface area contributed by atoms with Gasteiger partial charge in [-0.05, 0) is 24.6 Å². The number of alkyl halides is 2. The Bertz CT molecular complexity index is 373. The van der Waals surface area contributed by atoms with Gasteiger partial charge in [0, 0.05) is 13.1 Å². The molecule has 1 aromatic rings. The second-order valence-corrected chi connectivity index (χ2v) is 4.04. The predicted molar refractivity (Wildman–Crippen MR) is 59.2 cm³/mol. The monoisotopic (exact) mass is 243 g/mol. The molecule has 0 radical (unpaired) electrons. The highest BCUT2D eigenvalue weighted by molar-refractivity contribution is 5.30. The summed E-state index contributed by atoms with van der Waals surface area (Å²) in [6.07, 6.45) is 0.00777. The van der Waals surface area contributed by atoms with Gasteiger partial charge < -0.3 is 14.8 Å². The summed E-state index contributed by atoms with van der Waals surface area (Å²) < 4.78 is 34.3. The zero-order valence-electron chi connectivity index (χ0n) is 9.53. The summed E-state index contributed by atoms with van der Waals surface area (Å²) >= 11 is 0. The van der Waals surface area contributed by atoms with E-state index >= 15 is 0 Å². The average molecular weight is 243 g/mol. The van der Waals surface area contributed by atoms with Gasteiger partial charge in [-0.2, -0.15) is 8.78 Å². The van der Waals surface area contributed by atoms with Gasteiger partial charge in [-0.1, -0.05) is 12.1 Å². The number of ether oxygens (including phenoxy) is 2. The molecule has 1 N–H and O–H groups in total. The van der Waals surface area contributed by atoms with Crippen molar-refractivity contribution < 1.29 is 18.3 Å². The van der Waals surface area contributed by atoms with E-state index in [1.54, 1.807) is 12.1 Å². The largest absolute Gasteiger partial charge is 0.435 e. The molecule has 94 valence electrons. The smallest absolute Gasteiger partial charge is 0.387 e. The van der Waals surface area contributed by atoms with Crippen LogP contribution in [0.4, 0.5) is 8.78 Å². The molecule has 2 rings (SSSR count). The fraction of sp³-hybridized carbons (Fsp3) is 0.500. The average Bonchev–Trinajstić information content (AvgIpc) is 2.28. The lowest BCUT2D eigenvalue weighted by atomic mass is 10.1. The molecule has 3 nitrogen and oxygen atoms in total. The Hall–Kier alpha value is -1.20. The van der Waals surface area contributed by atoms with Crippen LogP contribution in [-0.2, 0) is 4.74 Å². The van der Waals surface area contributed by atoms with E-state index < -0.39 is 6.61 Å². The van der Waals surface area contributed by atoms with Gasteiger partial charge in [0.2, 0.25) is 0 Å². The number of rotatable bonds is 3. The second-order valence-electron chi connectivity index (χ2n) is 4.04. The Morgan fingerprint density at radius 3 is 2.94 bits per heavy atom. The molecule has 1 heterocycles. The van der Waals surface area contributed by atoms with E-state index in [1.165, 1.54) is 6.07 Å². The maximum atomic E-state index is 12.1. The fourth-order valence-corrected chi connectivity index (χ4v) is 1.88. The molecule has 1 fully saturated rings. The molecular formula is C12H15F2NO2. The topological polar surface area (TPSA) is 30.5 Å². The molecule has 5 heteroatoms. The van der Waals surface area contributed by atoms with Crippen LogP contribution in [0.2, 0.25) is 0 Å². The predicted octanol–water partition coefficient (Wildman–Crippen LogP) is 2.34. The molecule has 17 heavy (non-hydrogen) atoms. The minimum Gasteiger partial charge on any atom is -0.435 e. The lowest BCUT2D eigenvalue weighted by molar-refractivity contribution is -0.0507. The summed E-state index contributed by atoms with van der Waals surface area (Å²) in [5.41, 5.74) is 0.849. The molecule has 0 saturated carbocycles. The van der Waals surface area contributed by atoms with Crippen LogP contribution in [0, 0.1) is 0 Å². The molecule has 1 aliphatic heterocycles. The first-order chi connectivity index (χ1) is 8.15. The second kappa shape index (κ2) is 5.42. The summed E-state index contributed by atoms with van der Waals surface area (Å²) in [4.78, 5) is 0. The van der Waals surface area contributed by atoms with Crippen molar-refractivity contribution >= 4 is 0 Å². The van der Waals surface area contributed by atoms with Crippen LogP contribution in [-0.4, -0.2) is 25.8 Å². The Morgan fingerprint density at radius 2 is 2.24 bits per heavy atom. The maximum Gasteiger partial charge on any atom is 0.387 e. The quantitative estimate of drug-likeness (QED) is 0.883. The third-order valence-corrected chi connectivity index (χ3v) is 2.61. The Morgan fingerprint density at radius 1 is 1.41 bits per heavy atom. The Labute approximate surface area is 98.7 Å². The van der Waals surface area contributed by atoms with Crippen LogP contribution in [0.1, 0.15) is 18.6 Å². The summed E-state index contributed by atoms with van der Waals surface area (Å²) in [6, 6.07) is 6.64. The molecule has 0 aromatic heterocycles. The normalized spacial score (nSPS) is 24.9. The summed E-state index contributed by atoms with van der Waals surface area (Å²) in [6.45, 7) is 0.666. The minimum absolute atomic E-state index is 0.111. The molecule has 1 aliphatic rings. The van der Waals surface area contributed by atoms with Gasteiger partial charge in [-0.3, -0.25) is 0 Å². The van der Waals surface area contributed by atoms with Gasteiger partial charge in [0.15, 0.2) is 0 Å². The van der Waals surface area contributed by atoms with Gasteiger partial charge >= 0.3 is 6.61 Å². The molecule has 0 amide bonds. The third kappa shape index (κ3) is 3.38. The van der Waals surface area contributed by atoms with E-state index in [0.717, 1.165) is 12.1 Å². The molecule has 0 bridgehead atoms. The van der Waals surface area contributed by atoms with E-state index in [4.69, 9.17) is 4.74 Å². The highest BCUT2D eigenvalue weighted by atomic mass is 19.3. The van der Waals surface area contributed by atoms with Gasteiger partial charge in [0.25, 0.3) is 0 Å². The minimum atomic E-state index is -2.80. The van der Waals surface area contributed by atoms with E-state index in [2.05, 4.69) is 10.1 Å². The van der Waals surface area contributed by atoms with Crippen LogP contribution in [0.15, 0.2) is 24.3 Å². The van der Waals surface area contributed by atoms with Crippen LogP contribution in [0.25, 0.3) is 0 Å². The summed E-state index contributed by atoms with van der Waals surface area (Å²) in [5.74, 6) is 0.166. The van der Waals surface area contributed by atoms with Crippen molar-refractivity contribution in [1.82, 2.24) is 5.32 Å². The first kappa shape index (κ1) is 12.3. The van der Waals surface area contributed by atoms with Crippen molar-refractivity contribution in [1.29, 1.82) is 0 Å². The number of halogens is 2. The first-order valence-corrected chi connectivity index (χ1v) is 5.56. The van der Waals surface area contributed by atoms with Gasteiger partial charge in [-0.25, -0.2) is 0 Å². The van der Waals surface area contributed by atoms with Crippen LogP contribution in [0.3, 0.4) is 0 Å². The van der Waals surface area contributed by atoms with Gasteiger partial charge in [-0.15, -0.1) is 0 Å². The molecule has 1 saturated heterocycles. The maximum absolute atomic E-state index is 12.1. The number of hydrogen-bond acceptors (Lipinski definition) is 3. The molecular weight excluding hydrogens is 228 g/mol. The lowest BCUT2D eigenvalue weighted by Crippen LogP contribution is -2.38.